The maximum absolute atomic E-state index is 5.02. The van der Waals surface area contributed by atoms with Crippen molar-refractivity contribution < 1.29 is 4.74 Å². The summed E-state index contributed by atoms with van der Waals surface area (Å²) in [6.45, 7) is 5.54. The SMILES string of the molecule is CCCCN(C)C(=NC)NCc1ccc(NCCOC)cc1. The first-order valence-electron chi connectivity index (χ1n) is 7.94. The molecule has 0 aliphatic carbocycles. The Balaban J connectivity index is 2.42. The van der Waals surface area contributed by atoms with Gasteiger partial charge < -0.3 is 20.3 Å². The van der Waals surface area contributed by atoms with E-state index in [0.717, 1.165) is 31.3 Å². The number of guanidine groups is 1. The first kappa shape index (κ1) is 18.3. The predicted octanol–water partition coefficient (Wildman–Crippen LogP) is 2.55. The van der Waals surface area contributed by atoms with E-state index < -0.39 is 0 Å². The second kappa shape index (κ2) is 10.9. The molecule has 0 heterocycles. The molecule has 0 aromatic heterocycles. The Morgan fingerprint density at radius 1 is 1.27 bits per heavy atom. The molecular weight excluding hydrogens is 276 g/mol. The summed E-state index contributed by atoms with van der Waals surface area (Å²) in [6, 6.07) is 8.44. The van der Waals surface area contributed by atoms with Crippen molar-refractivity contribution in [2.24, 2.45) is 4.99 Å². The first-order chi connectivity index (χ1) is 10.7. The van der Waals surface area contributed by atoms with Crippen LogP contribution in [-0.2, 0) is 11.3 Å². The van der Waals surface area contributed by atoms with E-state index in [1.165, 1.54) is 18.4 Å². The van der Waals surface area contributed by atoms with Crippen molar-refractivity contribution in [1.82, 2.24) is 10.2 Å². The largest absolute Gasteiger partial charge is 0.383 e. The summed E-state index contributed by atoms with van der Waals surface area (Å²) in [6.07, 6.45) is 2.37. The van der Waals surface area contributed by atoms with Crippen LogP contribution in [-0.4, -0.2) is 51.8 Å². The Kier molecular flexibility index (Phi) is 9.07. The lowest BCUT2D eigenvalue weighted by molar-refractivity contribution is 0.211. The maximum Gasteiger partial charge on any atom is 0.193 e. The van der Waals surface area contributed by atoms with Crippen LogP contribution < -0.4 is 10.6 Å². The topological polar surface area (TPSA) is 48.9 Å². The molecule has 0 aliphatic rings. The lowest BCUT2D eigenvalue weighted by Crippen LogP contribution is -2.38. The third kappa shape index (κ3) is 6.80. The number of anilines is 1. The standard InChI is InChI=1S/C17H30N4O/c1-5-6-12-21(3)17(18-2)20-14-15-7-9-16(10-8-15)19-11-13-22-4/h7-10,19H,5-6,11-14H2,1-4H3,(H,18,20). The molecule has 5 nitrogen and oxygen atoms in total. The highest BCUT2D eigenvalue weighted by Crippen LogP contribution is 2.09. The molecule has 0 aliphatic heterocycles. The van der Waals surface area contributed by atoms with Crippen LogP contribution in [0.2, 0.25) is 0 Å². The average Bonchev–Trinajstić information content (AvgIpc) is 2.55. The number of methoxy groups -OCH3 is 1. The number of rotatable bonds is 9. The highest BCUT2D eigenvalue weighted by molar-refractivity contribution is 5.79. The molecule has 0 bridgehead atoms. The minimum absolute atomic E-state index is 0.712. The minimum Gasteiger partial charge on any atom is -0.383 e. The van der Waals surface area contributed by atoms with Crippen molar-refractivity contribution >= 4 is 11.6 Å². The smallest absolute Gasteiger partial charge is 0.193 e. The molecule has 124 valence electrons. The molecular formula is C17H30N4O. The van der Waals surface area contributed by atoms with Crippen molar-refractivity contribution in [3.05, 3.63) is 29.8 Å². The molecule has 1 aromatic rings. The number of unbranched alkanes of at least 4 members (excludes halogenated alkanes) is 1. The Morgan fingerprint density at radius 2 is 2.00 bits per heavy atom. The van der Waals surface area contributed by atoms with E-state index >= 15 is 0 Å². The van der Waals surface area contributed by atoms with Gasteiger partial charge in [0.1, 0.15) is 0 Å². The molecule has 0 fully saturated rings. The Labute approximate surface area is 134 Å². The predicted molar refractivity (Wildman–Crippen MR) is 94.5 cm³/mol. The highest BCUT2D eigenvalue weighted by atomic mass is 16.5. The van der Waals surface area contributed by atoms with E-state index in [4.69, 9.17) is 4.74 Å². The number of hydrogen-bond acceptors (Lipinski definition) is 3. The van der Waals surface area contributed by atoms with Crippen molar-refractivity contribution in [3.8, 4) is 0 Å². The average molecular weight is 306 g/mol. The lowest BCUT2D eigenvalue weighted by Gasteiger charge is -2.21. The zero-order chi connectivity index (χ0) is 16.2. The second-order valence-electron chi connectivity index (χ2n) is 5.29. The molecule has 0 unspecified atom stereocenters. The van der Waals surface area contributed by atoms with Gasteiger partial charge in [-0.1, -0.05) is 25.5 Å². The molecule has 0 radical (unpaired) electrons. The van der Waals surface area contributed by atoms with Crippen molar-refractivity contribution in [2.75, 3.05) is 46.2 Å². The first-order valence-corrected chi connectivity index (χ1v) is 7.94. The van der Waals surface area contributed by atoms with Crippen molar-refractivity contribution in [1.29, 1.82) is 0 Å². The number of nitrogens with zero attached hydrogens (tertiary/aromatic N) is 2. The summed E-state index contributed by atoms with van der Waals surface area (Å²) in [5.74, 6) is 0.941. The Hall–Kier alpha value is -1.75. The van der Waals surface area contributed by atoms with Gasteiger partial charge in [0.25, 0.3) is 0 Å². The van der Waals surface area contributed by atoms with Crippen LogP contribution in [0.1, 0.15) is 25.3 Å². The summed E-state index contributed by atoms with van der Waals surface area (Å²) in [4.78, 5) is 6.50. The third-order valence-corrected chi connectivity index (χ3v) is 3.46. The summed E-state index contributed by atoms with van der Waals surface area (Å²) < 4.78 is 5.02. The van der Waals surface area contributed by atoms with Gasteiger partial charge in [-0.15, -0.1) is 0 Å². The molecule has 5 heteroatoms. The van der Waals surface area contributed by atoms with Crippen molar-refractivity contribution in [2.45, 2.75) is 26.3 Å². The van der Waals surface area contributed by atoms with E-state index in [0.29, 0.717) is 6.61 Å². The molecule has 1 rings (SSSR count). The molecule has 1 aromatic carbocycles. The van der Waals surface area contributed by atoms with Gasteiger partial charge in [0, 0.05) is 46.5 Å². The van der Waals surface area contributed by atoms with Crippen LogP contribution in [0.25, 0.3) is 0 Å². The summed E-state index contributed by atoms with van der Waals surface area (Å²) in [5.41, 5.74) is 2.35. The van der Waals surface area contributed by atoms with E-state index in [1.54, 1.807) is 7.11 Å². The van der Waals surface area contributed by atoms with Crippen LogP contribution in [0.4, 0.5) is 5.69 Å². The second-order valence-corrected chi connectivity index (χ2v) is 5.29. The van der Waals surface area contributed by atoms with Crippen LogP contribution in [0.15, 0.2) is 29.3 Å². The molecule has 0 atom stereocenters. The van der Waals surface area contributed by atoms with E-state index in [-0.39, 0.29) is 0 Å². The highest BCUT2D eigenvalue weighted by Gasteiger charge is 2.04. The fraction of sp³-hybridized carbons (Fsp3) is 0.588. The van der Waals surface area contributed by atoms with Gasteiger partial charge in [0.05, 0.1) is 6.61 Å². The molecule has 0 amide bonds. The zero-order valence-electron chi connectivity index (χ0n) is 14.4. The summed E-state index contributed by atoms with van der Waals surface area (Å²) in [7, 11) is 5.61. The van der Waals surface area contributed by atoms with Crippen LogP contribution in [0.3, 0.4) is 0 Å². The molecule has 0 saturated heterocycles. The van der Waals surface area contributed by atoms with E-state index in [2.05, 4.69) is 58.8 Å². The van der Waals surface area contributed by atoms with Gasteiger partial charge in [-0.3, -0.25) is 4.99 Å². The van der Waals surface area contributed by atoms with Crippen LogP contribution >= 0.6 is 0 Å². The summed E-state index contributed by atoms with van der Waals surface area (Å²) >= 11 is 0. The van der Waals surface area contributed by atoms with E-state index in [1.807, 2.05) is 7.05 Å². The van der Waals surface area contributed by atoms with Gasteiger partial charge in [0.15, 0.2) is 5.96 Å². The Bertz CT molecular complexity index is 431. The van der Waals surface area contributed by atoms with Gasteiger partial charge in [-0.2, -0.15) is 0 Å². The Morgan fingerprint density at radius 3 is 2.59 bits per heavy atom. The summed E-state index contributed by atoms with van der Waals surface area (Å²) in [5, 5.41) is 6.71. The van der Waals surface area contributed by atoms with Gasteiger partial charge in [0.2, 0.25) is 0 Å². The fourth-order valence-electron chi connectivity index (χ4n) is 2.10. The monoisotopic (exact) mass is 306 g/mol. The zero-order valence-corrected chi connectivity index (χ0v) is 14.4. The van der Waals surface area contributed by atoms with Gasteiger partial charge >= 0.3 is 0 Å². The van der Waals surface area contributed by atoms with Crippen molar-refractivity contribution in [3.63, 3.8) is 0 Å². The fourth-order valence-corrected chi connectivity index (χ4v) is 2.10. The number of nitrogens with one attached hydrogen (secondary N) is 2. The molecule has 2 N–H and O–H groups in total. The van der Waals surface area contributed by atoms with Crippen LogP contribution in [0.5, 0.6) is 0 Å². The molecule has 0 spiro atoms. The minimum atomic E-state index is 0.712. The van der Waals surface area contributed by atoms with Gasteiger partial charge in [-0.05, 0) is 24.1 Å². The molecule has 22 heavy (non-hydrogen) atoms. The van der Waals surface area contributed by atoms with Crippen LogP contribution in [0, 0.1) is 0 Å². The lowest BCUT2D eigenvalue weighted by atomic mass is 10.2. The number of aliphatic imine (C=N–C) groups is 1. The maximum atomic E-state index is 5.02. The quantitative estimate of drug-likeness (QED) is 0.418. The third-order valence-electron chi connectivity index (χ3n) is 3.46. The van der Waals surface area contributed by atoms with E-state index in [9.17, 15) is 0 Å². The number of ether oxygens (including phenoxy) is 1. The van der Waals surface area contributed by atoms with Gasteiger partial charge in [-0.25, -0.2) is 0 Å². The number of benzene rings is 1. The molecule has 0 saturated carbocycles. The normalized spacial score (nSPS) is 11.4. The number of hydrogen-bond donors (Lipinski definition) is 2.